The summed E-state index contributed by atoms with van der Waals surface area (Å²) in [4.78, 5) is 1.56. The SMILES string of the molecule is Cc1ccc(S(=O)(=O)N2CCCN(S(=O)(=O)c3ccc(C)cc3)Cc3ccc(s3)CN(S(=O)(=O)c3ccc(C)cc3)CCCN(S(=O)(=O)c3ccc(C)cc3)CC2)cc1. The highest BCUT2D eigenvalue weighted by Gasteiger charge is 2.32. The molecule has 0 unspecified atom stereocenters. The van der Waals surface area contributed by atoms with E-state index in [0.29, 0.717) is 9.75 Å². The van der Waals surface area contributed by atoms with Gasteiger partial charge in [0.1, 0.15) is 0 Å². The standard InChI is InChI=1S/C42H50N4O8S5/c1-33-7-17-39(18-8-33)56(47,48)43-25-5-27-45(58(51,52)41-21-11-35(3)12-22-41)31-37-15-16-38(55-37)32-46(59(53,54)42-23-13-36(4)14-24-42)28-6-26-44(30-29-43)57(49,50)40-19-9-34(2)10-20-40/h7-24H,5-6,25-32H2,1-4H3. The van der Waals surface area contributed by atoms with Crippen molar-refractivity contribution >= 4 is 51.4 Å². The van der Waals surface area contributed by atoms with Crippen molar-refractivity contribution in [3.63, 3.8) is 0 Å². The van der Waals surface area contributed by atoms with Crippen LogP contribution in [0.25, 0.3) is 0 Å². The van der Waals surface area contributed by atoms with Crippen LogP contribution in [0.2, 0.25) is 0 Å². The van der Waals surface area contributed by atoms with Gasteiger partial charge in [-0.1, -0.05) is 70.8 Å². The Hall–Kier alpha value is -3.78. The van der Waals surface area contributed by atoms with Gasteiger partial charge >= 0.3 is 0 Å². The molecule has 0 fully saturated rings. The lowest BCUT2D eigenvalue weighted by Gasteiger charge is -2.29. The second-order valence-electron chi connectivity index (χ2n) is 14.8. The molecule has 1 aliphatic heterocycles. The van der Waals surface area contributed by atoms with Crippen LogP contribution in [0.3, 0.4) is 0 Å². The maximum atomic E-state index is 14.3. The normalized spacial score (nSPS) is 17.1. The summed E-state index contributed by atoms with van der Waals surface area (Å²) in [5, 5.41) is 0. The molecule has 6 rings (SSSR count). The summed E-state index contributed by atoms with van der Waals surface area (Å²) in [5.41, 5.74) is 3.48. The van der Waals surface area contributed by atoms with Crippen LogP contribution in [-0.4, -0.2) is 90.2 Å². The number of fused-ring (bicyclic) bond motifs is 2. The zero-order chi connectivity index (χ0) is 42.6. The van der Waals surface area contributed by atoms with Crippen LogP contribution in [0.15, 0.2) is 129 Å². The van der Waals surface area contributed by atoms with E-state index in [0.717, 1.165) is 22.3 Å². The molecule has 1 aromatic heterocycles. The molecule has 4 aromatic carbocycles. The van der Waals surface area contributed by atoms with Gasteiger partial charge in [0, 0.05) is 62.1 Å². The van der Waals surface area contributed by atoms with Crippen molar-refractivity contribution in [3.05, 3.63) is 141 Å². The van der Waals surface area contributed by atoms with Gasteiger partial charge in [0.05, 0.1) is 19.6 Å². The first kappa shape index (κ1) is 44.8. The van der Waals surface area contributed by atoms with Crippen LogP contribution in [0.4, 0.5) is 0 Å². The molecule has 0 spiro atoms. The van der Waals surface area contributed by atoms with E-state index in [4.69, 9.17) is 0 Å². The second kappa shape index (κ2) is 18.5. The Kier molecular flexibility index (Phi) is 14.0. The number of hydrogen-bond acceptors (Lipinski definition) is 9. The van der Waals surface area contributed by atoms with E-state index in [1.54, 1.807) is 60.7 Å². The molecule has 0 atom stereocenters. The summed E-state index contributed by atoms with van der Waals surface area (Å²) in [7, 11) is -16.5. The molecule has 5 aromatic rings. The highest BCUT2D eigenvalue weighted by molar-refractivity contribution is 7.90. The topological polar surface area (TPSA) is 150 Å². The molecule has 1 aliphatic rings. The first-order valence-corrected chi connectivity index (χ1v) is 25.8. The first-order valence-electron chi connectivity index (χ1n) is 19.2. The highest BCUT2D eigenvalue weighted by Crippen LogP contribution is 2.28. The molecule has 0 saturated heterocycles. The smallest absolute Gasteiger partial charge is 0.207 e. The van der Waals surface area contributed by atoms with Crippen LogP contribution in [0, 0.1) is 27.7 Å². The molecule has 0 amide bonds. The van der Waals surface area contributed by atoms with Crippen molar-refractivity contribution in [2.45, 2.75) is 73.2 Å². The Labute approximate surface area is 353 Å². The Bertz CT molecular complexity index is 2480. The Balaban J connectivity index is 1.43. The van der Waals surface area contributed by atoms with Gasteiger partial charge in [0.2, 0.25) is 40.1 Å². The van der Waals surface area contributed by atoms with E-state index in [2.05, 4.69) is 0 Å². The molecule has 12 nitrogen and oxygen atoms in total. The lowest BCUT2D eigenvalue weighted by molar-refractivity contribution is 0.314. The van der Waals surface area contributed by atoms with Gasteiger partial charge in [-0.25, -0.2) is 33.7 Å². The van der Waals surface area contributed by atoms with Gasteiger partial charge in [0.15, 0.2) is 0 Å². The third kappa shape index (κ3) is 10.6. The summed E-state index contributed by atoms with van der Waals surface area (Å²) < 4.78 is 119. The van der Waals surface area contributed by atoms with Crippen LogP contribution < -0.4 is 0 Å². The molecule has 316 valence electrons. The fraction of sp³-hybridized carbons (Fsp3) is 0.333. The Morgan fingerprint density at radius 2 is 0.576 bits per heavy atom. The van der Waals surface area contributed by atoms with Crippen molar-refractivity contribution in [2.75, 3.05) is 39.3 Å². The van der Waals surface area contributed by atoms with Gasteiger partial charge in [-0.05, 0) is 101 Å². The molecule has 0 N–H and O–H groups in total. The van der Waals surface area contributed by atoms with Crippen LogP contribution in [0.5, 0.6) is 0 Å². The largest absolute Gasteiger partial charge is 0.243 e. The van der Waals surface area contributed by atoms with Crippen molar-refractivity contribution in [3.8, 4) is 0 Å². The third-order valence-electron chi connectivity index (χ3n) is 10.2. The van der Waals surface area contributed by atoms with Gasteiger partial charge < -0.3 is 0 Å². The monoisotopic (exact) mass is 898 g/mol. The van der Waals surface area contributed by atoms with Crippen LogP contribution in [-0.2, 0) is 53.2 Å². The first-order chi connectivity index (χ1) is 27.9. The summed E-state index contributed by atoms with van der Waals surface area (Å²) in [6.45, 7) is 6.53. The lowest BCUT2D eigenvalue weighted by atomic mass is 10.2. The van der Waals surface area contributed by atoms with Crippen molar-refractivity contribution < 1.29 is 33.7 Å². The molecule has 0 radical (unpaired) electrons. The van der Waals surface area contributed by atoms with Gasteiger partial charge in [0.25, 0.3) is 0 Å². The molecule has 2 heterocycles. The number of thiophene rings is 1. The lowest BCUT2D eigenvalue weighted by Crippen LogP contribution is -2.43. The number of rotatable bonds is 8. The quantitative estimate of drug-likeness (QED) is 0.171. The summed E-state index contributed by atoms with van der Waals surface area (Å²) in [5.74, 6) is 0. The molecule has 0 aliphatic carbocycles. The van der Waals surface area contributed by atoms with Crippen molar-refractivity contribution in [1.82, 2.24) is 17.2 Å². The molecule has 0 saturated carbocycles. The highest BCUT2D eigenvalue weighted by atomic mass is 32.2. The van der Waals surface area contributed by atoms with Crippen LogP contribution >= 0.6 is 11.3 Å². The average molecular weight is 899 g/mol. The van der Waals surface area contributed by atoms with Gasteiger partial charge in [-0.3, -0.25) is 0 Å². The maximum absolute atomic E-state index is 14.3. The molecular formula is C42H50N4O8S5. The zero-order valence-corrected chi connectivity index (χ0v) is 37.6. The van der Waals surface area contributed by atoms with E-state index in [1.807, 2.05) is 27.7 Å². The minimum absolute atomic E-state index is 0.0223. The van der Waals surface area contributed by atoms with Gasteiger partial charge in [-0.15, -0.1) is 11.3 Å². The molecule has 17 heteroatoms. The van der Waals surface area contributed by atoms with E-state index < -0.39 is 40.1 Å². The fourth-order valence-electron chi connectivity index (χ4n) is 6.72. The minimum atomic E-state index is -4.19. The fourth-order valence-corrected chi connectivity index (χ4v) is 13.8. The number of aryl methyl sites for hydroxylation is 4. The number of benzene rings is 4. The predicted octanol–water partition coefficient (Wildman–Crippen LogP) is 6.54. The van der Waals surface area contributed by atoms with E-state index in [9.17, 15) is 33.7 Å². The van der Waals surface area contributed by atoms with Crippen LogP contribution in [0.1, 0.15) is 44.8 Å². The number of sulfonamides is 4. The number of hydrogen-bond donors (Lipinski definition) is 0. The van der Waals surface area contributed by atoms with Crippen molar-refractivity contribution in [2.24, 2.45) is 0 Å². The Morgan fingerprint density at radius 1 is 0.339 bits per heavy atom. The zero-order valence-electron chi connectivity index (χ0n) is 33.6. The van der Waals surface area contributed by atoms with E-state index in [1.165, 1.54) is 77.1 Å². The predicted molar refractivity (Wildman–Crippen MR) is 231 cm³/mol. The number of nitrogens with zero attached hydrogens (tertiary/aromatic N) is 4. The summed E-state index contributed by atoms with van der Waals surface area (Å²) in [6.07, 6.45) is 0.198. The third-order valence-corrected chi connectivity index (χ3v) is 18.8. The Morgan fingerprint density at radius 3 is 0.847 bits per heavy atom. The second-order valence-corrected chi connectivity index (χ2v) is 23.8. The van der Waals surface area contributed by atoms with Gasteiger partial charge in [-0.2, -0.15) is 17.2 Å². The molecule has 59 heavy (non-hydrogen) atoms. The minimum Gasteiger partial charge on any atom is -0.207 e. The summed E-state index contributed by atoms with van der Waals surface area (Å²) >= 11 is 1.29. The van der Waals surface area contributed by atoms with E-state index in [-0.39, 0.29) is 84.8 Å². The van der Waals surface area contributed by atoms with E-state index >= 15 is 0 Å². The molecule has 2 bridgehead atoms. The molecular weight excluding hydrogens is 849 g/mol. The average Bonchev–Trinajstić information content (AvgIpc) is 3.64. The maximum Gasteiger partial charge on any atom is 0.243 e. The summed E-state index contributed by atoms with van der Waals surface area (Å²) in [6, 6.07) is 29.3. The van der Waals surface area contributed by atoms with Crippen molar-refractivity contribution in [1.29, 1.82) is 0 Å².